The van der Waals surface area contributed by atoms with Crippen LogP contribution in [0, 0.1) is 0 Å². The van der Waals surface area contributed by atoms with Crippen LogP contribution in [0.15, 0.2) is 66.7 Å². The number of hydrogen-bond donors (Lipinski definition) is 1. The fourth-order valence-corrected chi connectivity index (χ4v) is 2.81. The highest BCUT2D eigenvalue weighted by molar-refractivity contribution is 5.98. The second-order valence-electron chi connectivity index (χ2n) is 5.54. The molecule has 2 nitrogen and oxygen atoms in total. The van der Waals surface area contributed by atoms with Gasteiger partial charge in [-0.2, -0.15) is 0 Å². The topological polar surface area (TPSA) is 25.0 Å². The molecule has 0 bridgehead atoms. The van der Waals surface area contributed by atoms with E-state index in [1.165, 1.54) is 12.1 Å². The summed E-state index contributed by atoms with van der Waals surface area (Å²) in [7, 11) is 0. The summed E-state index contributed by atoms with van der Waals surface area (Å²) in [6.07, 6.45) is -4.68. The van der Waals surface area contributed by atoms with Gasteiger partial charge in [0, 0.05) is 16.6 Å². The molecule has 0 atom stereocenters. The average molecular weight is 327 g/mol. The van der Waals surface area contributed by atoms with E-state index in [0.717, 1.165) is 32.9 Å². The highest BCUT2D eigenvalue weighted by Gasteiger charge is 2.30. The molecular formula is C19H12F3NO. The van der Waals surface area contributed by atoms with Crippen molar-refractivity contribution in [2.75, 3.05) is 0 Å². The fraction of sp³-hybridized carbons (Fsp3) is 0.0526. The van der Waals surface area contributed by atoms with Crippen molar-refractivity contribution in [2.24, 2.45) is 0 Å². The maximum absolute atomic E-state index is 12.2. The van der Waals surface area contributed by atoms with Crippen molar-refractivity contribution < 1.29 is 17.9 Å². The number of ether oxygens (including phenoxy) is 1. The Bertz CT molecular complexity index is 964. The van der Waals surface area contributed by atoms with Crippen LogP contribution in [0.25, 0.3) is 32.9 Å². The predicted octanol–water partition coefficient (Wildman–Crippen LogP) is 5.89. The van der Waals surface area contributed by atoms with Crippen molar-refractivity contribution in [3.05, 3.63) is 66.7 Å². The summed E-state index contributed by atoms with van der Waals surface area (Å²) in [5.74, 6) is -0.229. The summed E-state index contributed by atoms with van der Waals surface area (Å²) >= 11 is 0. The lowest BCUT2D eigenvalue weighted by Gasteiger charge is -2.08. The van der Waals surface area contributed by atoms with Gasteiger partial charge in [-0.05, 0) is 58.8 Å². The van der Waals surface area contributed by atoms with Gasteiger partial charge in [-0.25, -0.2) is 0 Å². The minimum absolute atomic E-state index is 0.229. The Morgan fingerprint density at radius 2 is 1.42 bits per heavy atom. The third-order valence-corrected chi connectivity index (χ3v) is 3.89. The second kappa shape index (κ2) is 5.30. The van der Waals surface area contributed by atoms with Crippen LogP contribution < -0.4 is 4.74 Å². The molecule has 3 aromatic carbocycles. The Balaban J connectivity index is 1.72. The molecule has 1 aromatic heterocycles. The lowest BCUT2D eigenvalue weighted by Crippen LogP contribution is -2.16. The fourth-order valence-electron chi connectivity index (χ4n) is 2.81. The number of aromatic nitrogens is 1. The van der Waals surface area contributed by atoms with Crippen LogP contribution in [-0.2, 0) is 0 Å². The molecule has 0 unspecified atom stereocenters. The lowest BCUT2D eigenvalue weighted by molar-refractivity contribution is -0.274. The number of benzene rings is 3. The van der Waals surface area contributed by atoms with Crippen molar-refractivity contribution in [2.45, 2.75) is 6.36 Å². The summed E-state index contributed by atoms with van der Waals surface area (Å²) in [5.41, 5.74) is 2.63. The van der Waals surface area contributed by atoms with Gasteiger partial charge >= 0.3 is 6.36 Å². The molecule has 0 spiro atoms. The van der Waals surface area contributed by atoms with Gasteiger partial charge in [0.25, 0.3) is 0 Å². The molecule has 4 aromatic rings. The number of halogens is 3. The van der Waals surface area contributed by atoms with E-state index in [4.69, 9.17) is 0 Å². The van der Waals surface area contributed by atoms with Crippen LogP contribution >= 0.6 is 0 Å². The van der Waals surface area contributed by atoms with Crippen molar-refractivity contribution >= 4 is 21.7 Å². The van der Waals surface area contributed by atoms with Crippen molar-refractivity contribution in [1.29, 1.82) is 0 Å². The van der Waals surface area contributed by atoms with Gasteiger partial charge in [-0.1, -0.05) is 24.3 Å². The zero-order valence-electron chi connectivity index (χ0n) is 12.4. The van der Waals surface area contributed by atoms with Gasteiger partial charge in [-0.15, -0.1) is 13.2 Å². The van der Waals surface area contributed by atoms with E-state index in [2.05, 4.69) is 21.9 Å². The molecule has 0 aliphatic heterocycles. The number of rotatable bonds is 2. The van der Waals surface area contributed by atoms with Crippen LogP contribution in [0.2, 0.25) is 0 Å². The molecule has 0 aliphatic carbocycles. The first-order chi connectivity index (χ1) is 11.5. The molecule has 4 rings (SSSR count). The third-order valence-electron chi connectivity index (χ3n) is 3.89. The number of nitrogens with one attached hydrogen (secondary N) is 1. The van der Waals surface area contributed by atoms with Crippen LogP contribution in [0.5, 0.6) is 5.75 Å². The van der Waals surface area contributed by atoms with E-state index in [1.807, 2.05) is 30.3 Å². The minimum Gasteiger partial charge on any atom is -0.406 e. The van der Waals surface area contributed by atoms with Gasteiger partial charge in [0.05, 0.1) is 0 Å². The van der Waals surface area contributed by atoms with Gasteiger partial charge in [0.15, 0.2) is 0 Å². The summed E-state index contributed by atoms with van der Waals surface area (Å²) < 4.78 is 40.5. The smallest absolute Gasteiger partial charge is 0.406 e. The molecule has 0 radical (unpaired) electrons. The molecular weight excluding hydrogens is 315 g/mol. The second-order valence-corrected chi connectivity index (χ2v) is 5.54. The Labute approximate surface area is 135 Å². The Hall–Kier alpha value is -2.95. The summed E-state index contributed by atoms with van der Waals surface area (Å²) in [6.45, 7) is 0. The molecule has 1 N–H and O–H groups in total. The number of H-pyrrole nitrogens is 1. The normalized spacial score (nSPS) is 12.0. The molecule has 0 amide bonds. The zero-order chi connectivity index (χ0) is 16.7. The molecule has 24 heavy (non-hydrogen) atoms. The first kappa shape index (κ1) is 14.6. The molecule has 0 aliphatic rings. The first-order valence-corrected chi connectivity index (χ1v) is 7.36. The molecule has 5 heteroatoms. The van der Waals surface area contributed by atoms with Gasteiger partial charge in [0.1, 0.15) is 5.75 Å². The highest BCUT2D eigenvalue weighted by Crippen LogP contribution is 2.30. The standard InChI is InChI=1S/C19H12F3NO/c20-19(21,22)24-16-7-5-12(6-8-16)17-11-15-9-13-3-1-2-4-14(13)10-18(15)23-17/h1-11,23H. The number of alkyl halides is 3. The quantitative estimate of drug-likeness (QED) is 0.488. The van der Waals surface area contributed by atoms with E-state index in [9.17, 15) is 13.2 Å². The first-order valence-electron chi connectivity index (χ1n) is 7.36. The molecule has 0 saturated heterocycles. The zero-order valence-corrected chi connectivity index (χ0v) is 12.4. The molecule has 120 valence electrons. The van der Waals surface area contributed by atoms with Crippen molar-refractivity contribution in [3.63, 3.8) is 0 Å². The van der Waals surface area contributed by atoms with Gasteiger partial charge < -0.3 is 9.72 Å². The van der Waals surface area contributed by atoms with Gasteiger partial charge in [0.2, 0.25) is 0 Å². The maximum Gasteiger partial charge on any atom is 0.573 e. The Kier molecular flexibility index (Phi) is 3.23. The summed E-state index contributed by atoms with van der Waals surface area (Å²) in [6, 6.07) is 20.0. The van der Waals surface area contributed by atoms with E-state index >= 15 is 0 Å². The summed E-state index contributed by atoms with van der Waals surface area (Å²) in [5, 5.41) is 3.33. The number of hydrogen-bond acceptors (Lipinski definition) is 1. The SMILES string of the molecule is FC(F)(F)Oc1ccc(-c2cc3cc4ccccc4cc3[nH]2)cc1. The molecule has 1 heterocycles. The highest BCUT2D eigenvalue weighted by atomic mass is 19.4. The lowest BCUT2D eigenvalue weighted by atomic mass is 10.1. The Morgan fingerprint density at radius 1 is 0.750 bits per heavy atom. The average Bonchev–Trinajstić information content (AvgIpc) is 2.94. The number of fused-ring (bicyclic) bond motifs is 2. The summed E-state index contributed by atoms with van der Waals surface area (Å²) in [4.78, 5) is 3.31. The predicted molar refractivity (Wildman–Crippen MR) is 87.9 cm³/mol. The van der Waals surface area contributed by atoms with Crippen LogP contribution in [0.4, 0.5) is 13.2 Å². The largest absolute Gasteiger partial charge is 0.573 e. The van der Waals surface area contributed by atoms with Crippen molar-refractivity contribution in [1.82, 2.24) is 4.98 Å². The maximum atomic E-state index is 12.2. The van der Waals surface area contributed by atoms with Crippen LogP contribution in [0.3, 0.4) is 0 Å². The number of aromatic amines is 1. The van der Waals surface area contributed by atoms with Gasteiger partial charge in [-0.3, -0.25) is 0 Å². The molecule has 0 saturated carbocycles. The third kappa shape index (κ3) is 2.80. The van der Waals surface area contributed by atoms with Crippen molar-refractivity contribution in [3.8, 4) is 17.0 Å². The molecule has 0 fully saturated rings. The van der Waals surface area contributed by atoms with E-state index in [-0.39, 0.29) is 5.75 Å². The van der Waals surface area contributed by atoms with Crippen LogP contribution in [-0.4, -0.2) is 11.3 Å². The van der Waals surface area contributed by atoms with Crippen LogP contribution in [0.1, 0.15) is 0 Å². The van der Waals surface area contributed by atoms with E-state index < -0.39 is 6.36 Å². The Morgan fingerprint density at radius 3 is 2.08 bits per heavy atom. The van der Waals surface area contributed by atoms with E-state index in [1.54, 1.807) is 12.1 Å². The monoisotopic (exact) mass is 327 g/mol. The van der Waals surface area contributed by atoms with E-state index in [0.29, 0.717) is 0 Å². The minimum atomic E-state index is -4.68.